The maximum Gasteiger partial charge on any atom is 0.130 e. The van der Waals surface area contributed by atoms with Gasteiger partial charge in [-0.25, -0.2) is 8.78 Å². The third-order valence-electron chi connectivity index (χ3n) is 3.79. The molecule has 0 amide bonds. The maximum atomic E-state index is 13.9. The lowest BCUT2D eigenvalue weighted by Gasteiger charge is -2.28. The number of nitrogens with zero attached hydrogens (tertiary/aromatic N) is 1. The van der Waals surface area contributed by atoms with Gasteiger partial charge in [0.25, 0.3) is 0 Å². The van der Waals surface area contributed by atoms with E-state index in [4.69, 9.17) is 0 Å². The lowest BCUT2D eigenvalue weighted by molar-refractivity contribution is 0.227. The average Bonchev–Trinajstić information content (AvgIpc) is 2.73. The summed E-state index contributed by atoms with van der Waals surface area (Å²) >= 11 is 0. The highest BCUT2D eigenvalue weighted by Crippen LogP contribution is 2.38. The minimum absolute atomic E-state index is 0.149. The van der Waals surface area contributed by atoms with Crippen LogP contribution in [0.3, 0.4) is 0 Å². The van der Waals surface area contributed by atoms with Gasteiger partial charge in [0.15, 0.2) is 0 Å². The van der Waals surface area contributed by atoms with Crippen LogP contribution in [0.4, 0.5) is 8.78 Å². The fourth-order valence-electron chi connectivity index (χ4n) is 2.97. The summed E-state index contributed by atoms with van der Waals surface area (Å²) in [7, 11) is 1.88. The van der Waals surface area contributed by atoms with Crippen LogP contribution in [0, 0.1) is 17.6 Å². The van der Waals surface area contributed by atoms with E-state index in [0.717, 1.165) is 26.1 Å². The van der Waals surface area contributed by atoms with Crippen molar-refractivity contribution in [2.45, 2.75) is 19.4 Å². The highest BCUT2D eigenvalue weighted by molar-refractivity contribution is 5.25. The van der Waals surface area contributed by atoms with Crippen LogP contribution < -0.4 is 5.32 Å². The second kappa shape index (κ2) is 5.76. The van der Waals surface area contributed by atoms with Gasteiger partial charge in [0.05, 0.1) is 0 Å². The molecule has 0 bridgehead atoms. The molecule has 1 aromatic rings. The first kappa shape index (κ1) is 13.4. The van der Waals surface area contributed by atoms with Crippen molar-refractivity contribution in [2.24, 2.45) is 5.92 Å². The molecule has 0 spiro atoms. The summed E-state index contributed by atoms with van der Waals surface area (Å²) in [6, 6.07) is 3.97. The smallest absolute Gasteiger partial charge is 0.130 e. The van der Waals surface area contributed by atoms with Crippen molar-refractivity contribution in [1.29, 1.82) is 0 Å². The number of benzene rings is 1. The van der Waals surface area contributed by atoms with E-state index in [1.54, 1.807) is 0 Å². The fraction of sp³-hybridized carbons (Fsp3) is 0.571. The summed E-state index contributed by atoms with van der Waals surface area (Å²) in [5, 5.41) is 3.12. The molecule has 2 atom stereocenters. The average molecular weight is 254 g/mol. The predicted molar refractivity (Wildman–Crippen MR) is 68.4 cm³/mol. The van der Waals surface area contributed by atoms with Crippen LogP contribution in [0.1, 0.15) is 24.9 Å². The monoisotopic (exact) mass is 254 g/mol. The van der Waals surface area contributed by atoms with E-state index < -0.39 is 11.6 Å². The molecular formula is C14H20F2N2. The summed E-state index contributed by atoms with van der Waals surface area (Å²) in [5.74, 6) is -0.593. The van der Waals surface area contributed by atoms with Crippen LogP contribution in [0.5, 0.6) is 0 Å². The zero-order valence-electron chi connectivity index (χ0n) is 10.9. The van der Waals surface area contributed by atoms with Gasteiger partial charge in [0.2, 0.25) is 0 Å². The fourth-order valence-corrected chi connectivity index (χ4v) is 2.97. The first-order valence-electron chi connectivity index (χ1n) is 6.51. The molecular weight excluding hydrogens is 234 g/mol. The third kappa shape index (κ3) is 2.40. The summed E-state index contributed by atoms with van der Waals surface area (Å²) in [6.07, 6.45) is 0.979. The molecule has 1 heterocycles. The van der Waals surface area contributed by atoms with Gasteiger partial charge in [-0.1, -0.05) is 13.0 Å². The van der Waals surface area contributed by atoms with Crippen LogP contribution in [0.25, 0.3) is 0 Å². The molecule has 1 N–H and O–H groups in total. The van der Waals surface area contributed by atoms with Gasteiger partial charge in [-0.2, -0.15) is 0 Å². The van der Waals surface area contributed by atoms with Crippen molar-refractivity contribution in [1.82, 2.24) is 10.2 Å². The molecule has 2 nitrogen and oxygen atoms in total. The van der Waals surface area contributed by atoms with E-state index in [-0.39, 0.29) is 17.5 Å². The second-order valence-corrected chi connectivity index (χ2v) is 4.82. The van der Waals surface area contributed by atoms with Crippen LogP contribution in [-0.4, -0.2) is 31.6 Å². The van der Waals surface area contributed by atoms with E-state index >= 15 is 0 Å². The first-order valence-corrected chi connectivity index (χ1v) is 6.51. The lowest BCUT2D eigenvalue weighted by atomic mass is 9.92. The van der Waals surface area contributed by atoms with Gasteiger partial charge in [-0.3, -0.25) is 4.90 Å². The van der Waals surface area contributed by atoms with Crippen molar-refractivity contribution in [3.63, 3.8) is 0 Å². The van der Waals surface area contributed by atoms with E-state index in [2.05, 4.69) is 10.2 Å². The van der Waals surface area contributed by atoms with Crippen molar-refractivity contribution in [3.8, 4) is 0 Å². The van der Waals surface area contributed by atoms with E-state index in [9.17, 15) is 8.78 Å². The molecule has 2 rings (SSSR count). The highest BCUT2D eigenvalue weighted by atomic mass is 19.1. The molecule has 0 radical (unpaired) electrons. The Kier molecular flexibility index (Phi) is 4.30. The second-order valence-electron chi connectivity index (χ2n) is 4.82. The number of nitrogens with one attached hydrogen (secondary N) is 1. The van der Waals surface area contributed by atoms with Crippen LogP contribution >= 0.6 is 0 Å². The lowest BCUT2D eigenvalue weighted by Crippen LogP contribution is -2.30. The zero-order valence-corrected chi connectivity index (χ0v) is 10.9. The highest BCUT2D eigenvalue weighted by Gasteiger charge is 2.36. The topological polar surface area (TPSA) is 15.3 Å². The molecule has 1 saturated heterocycles. The molecule has 2 unspecified atom stereocenters. The number of likely N-dealkylation sites (tertiary alicyclic amines) is 1. The largest absolute Gasteiger partial charge is 0.319 e. The van der Waals surface area contributed by atoms with Crippen LogP contribution in [0.2, 0.25) is 0 Å². The molecule has 0 saturated carbocycles. The van der Waals surface area contributed by atoms with E-state index in [1.807, 2.05) is 14.0 Å². The molecule has 1 aliphatic heterocycles. The number of hydrogen-bond donors (Lipinski definition) is 1. The first-order chi connectivity index (χ1) is 8.69. The van der Waals surface area contributed by atoms with Gasteiger partial charge in [-0.05, 0) is 51.2 Å². The SMILES string of the molecule is CCN1CCC(CNC)C1c1c(F)cccc1F. The van der Waals surface area contributed by atoms with Gasteiger partial charge in [0.1, 0.15) is 11.6 Å². The standard InChI is InChI=1S/C14H20F2N2/c1-3-18-8-7-10(9-17-2)14(18)13-11(15)5-4-6-12(13)16/h4-6,10,14,17H,3,7-9H2,1-2H3. The Morgan fingerprint density at radius 2 is 2.00 bits per heavy atom. The van der Waals surface area contributed by atoms with Crippen molar-refractivity contribution < 1.29 is 8.78 Å². The molecule has 0 aliphatic carbocycles. The minimum atomic E-state index is -0.429. The quantitative estimate of drug-likeness (QED) is 0.888. The van der Waals surface area contributed by atoms with Crippen molar-refractivity contribution in [3.05, 3.63) is 35.4 Å². The molecule has 18 heavy (non-hydrogen) atoms. The third-order valence-corrected chi connectivity index (χ3v) is 3.79. The van der Waals surface area contributed by atoms with Gasteiger partial charge in [-0.15, -0.1) is 0 Å². The molecule has 1 fully saturated rings. The Labute approximate surface area is 107 Å². The minimum Gasteiger partial charge on any atom is -0.319 e. The summed E-state index contributed by atoms with van der Waals surface area (Å²) < 4.78 is 27.9. The summed E-state index contributed by atoms with van der Waals surface area (Å²) in [6.45, 7) is 4.54. The van der Waals surface area contributed by atoms with Gasteiger partial charge in [0, 0.05) is 11.6 Å². The Balaban J connectivity index is 2.37. The molecule has 1 aliphatic rings. The molecule has 0 aromatic heterocycles. The van der Waals surface area contributed by atoms with Crippen molar-refractivity contribution >= 4 is 0 Å². The molecule has 1 aromatic carbocycles. The number of rotatable bonds is 4. The Bertz CT molecular complexity index is 389. The van der Waals surface area contributed by atoms with E-state index in [0.29, 0.717) is 0 Å². The summed E-state index contributed by atoms with van der Waals surface area (Å²) in [5.41, 5.74) is 0.233. The predicted octanol–water partition coefficient (Wildman–Crippen LogP) is 2.57. The van der Waals surface area contributed by atoms with Crippen LogP contribution in [-0.2, 0) is 0 Å². The van der Waals surface area contributed by atoms with E-state index in [1.165, 1.54) is 18.2 Å². The number of halogens is 2. The molecule has 100 valence electrons. The van der Waals surface area contributed by atoms with Crippen LogP contribution in [0.15, 0.2) is 18.2 Å². The number of hydrogen-bond acceptors (Lipinski definition) is 2. The Hall–Kier alpha value is -1.00. The Morgan fingerprint density at radius 3 is 2.56 bits per heavy atom. The van der Waals surface area contributed by atoms with Crippen molar-refractivity contribution in [2.75, 3.05) is 26.7 Å². The van der Waals surface area contributed by atoms with Gasteiger partial charge >= 0.3 is 0 Å². The zero-order chi connectivity index (χ0) is 13.1. The Morgan fingerprint density at radius 1 is 1.33 bits per heavy atom. The summed E-state index contributed by atoms with van der Waals surface area (Å²) in [4.78, 5) is 2.16. The maximum absolute atomic E-state index is 13.9. The normalized spacial score (nSPS) is 24.7. The van der Waals surface area contributed by atoms with Gasteiger partial charge < -0.3 is 5.32 Å². The molecule has 4 heteroatoms.